The van der Waals surface area contributed by atoms with Crippen molar-refractivity contribution in [1.29, 1.82) is 0 Å². The van der Waals surface area contributed by atoms with E-state index in [-0.39, 0.29) is 24.8 Å². The molecule has 0 unspecified atom stereocenters. The molecule has 7 heteroatoms. The molecule has 0 fully saturated rings. The number of fused-ring (bicyclic) bond motifs is 1. The van der Waals surface area contributed by atoms with Gasteiger partial charge in [-0.25, -0.2) is 0 Å². The number of amides is 2. The third-order valence-electron chi connectivity index (χ3n) is 5.38. The largest absolute Gasteiger partial charge is 0.486 e. The van der Waals surface area contributed by atoms with Crippen molar-refractivity contribution in [2.45, 2.75) is 46.2 Å². The monoisotopic (exact) mass is 458 g/mol. The molecule has 0 radical (unpaired) electrons. The summed E-state index contributed by atoms with van der Waals surface area (Å²) < 4.78 is 11.2. The molecule has 0 aromatic heterocycles. The van der Waals surface area contributed by atoms with Gasteiger partial charge in [-0.2, -0.15) is 0 Å². The van der Waals surface area contributed by atoms with E-state index in [1.807, 2.05) is 50.2 Å². The number of carbonyl (C=O) groups excluding carboxylic acids is 2. The molecule has 0 spiro atoms. The van der Waals surface area contributed by atoms with Crippen LogP contribution in [-0.4, -0.2) is 42.5 Å². The average Bonchev–Trinajstić information content (AvgIpc) is 2.79. The second-order valence-corrected chi connectivity index (χ2v) is 8.81. The first-order valence-electron chi connectivity index (χ1n) is 11.0. The van der Waals surface area contributed by atoms with E-state index in [2.05, 4.69) is 5.32 Å². The number of benzene rings is 2. The summed E-state index contributed by atoms with van der Waals surface area (Å²) in [6, 6.07) is 12.5. The lowest BCUT2D eigenvalue weighted by Gasteiger charge is -2.29. The van der Waals surface area contributed by atoms with Crippen LogP contribution in [0.2, 0.25) is 5.02 Å². The summed E-state index contributed by atoms with van der Waals surface area (Å²) in [7, 11) is 0. The zero-order valence-electron chi connectivity index (χ0n) is 18.9. The fourth-order valence-electron chi connectivity index (χ4n) is 3.48. The molecule has 2 amide bonds. The molecule has 2 aromatic carbocycles. The lowest BCUT2D eigenvalue weighted by molar-refractivity contribution is -0.140. The summed E-state index contributed by atoms with van der Waals surface area (Å²) in [5.41, 5.74) is 1.79. The predicted molar refractivity (Wildman–Crippen MR) is 125 cm³/mol. The van der Waals surface area contributed by atoms with Gasteiger partial charge in [0.1, 0.15) is 19.3 Å². The van der Waals surface area contributed by atoms with Crippen LogP contribution in [0.5, 0.6) is 11.5 Å². The van der Waals surface area contributed by atoms with Crippen molar-refractivity contribution in [3.63, 3.8) is 0 Å². The molecule has 0 aliphatic carbocycles. The van der Waals surface area contributed by atoms with E-state index < -0.39 is 6.04 Å². The number of carbonyl (C=O) groups is 2. The topological polar surface area (TPSA) is 67.9 Å². The van der Waals surface area contributed by atoms with Crippen molar-refractivity contribution in [3.8, 4) is 11.5 Å². The Kier molecular flexibility index (Phi) is 8.39. The van der Waals surface area contributed by atoms with Crippen LogP contribution >= 0.6 is 11.6 Å². The summed E-state index contributed by atoms with van der Waals surface area (Å²) in [5, 5.41) is 3.51. The van der Waals surface area contributed by atoms with E-state index in [0.29, 0.717) is 42.9 Å². The van der Waals surface area contributed by atoms with Crippen molar-refractivity contribution in [3.05, 3.63) is 58.6 Å². The molecule has 0 saturated carbocycles. The van der Waals surface area contributed by atoms with E-state index in [9.17, 15) is 9.59 Å². The van der Waals surface area contributed by atoms with Crippen LogP contribution in [0.25, 0.3) is 0 Å². The number of aryl methyl sites for hydroxylation is 1. The third-order valence-corrected chi connectivity index (χ3v) is 5.75. The number of nitrogens with one attached hydrogen (secondary N) is 1. The Morgan fingerprint density at radius 1 is 1.06 bits per heavy atom. The molecule has 6 nitrogen and oxygen atoms in total. The SMILES string of the molecule is CC(C)CNC(=O)[C@@H](C)N(Cc1ccccc1Cl)C(=O)CCc1ccc2c(c1)OCCO2. The normalized spacial score (nSPS) is 13.5. The molecule has 1 N–H and O–H groups in total. The lowest BCUT2D eigenvalue weighted by Crippen LogP contribution is -2.48. The van der Waals surface area contributed by atoms with Crippen molar-refractivity contribution in [2.75, 3.05) is 19.8 Å². The van der Waals surface area contributed by atoms with Gasteiger partial charge >= 0.3 is 0 Å². The molecule has 1 atom stereocenters. The minimum Gasteiger partial charge on any atom is -0.486 e. The Bertz CT molecular complexity index is 947. The van der Waals surface area contributed by atoms with Crippen molar-refractivity contribution in [2.24, 2.45) is 5.92 Å². The number of hydrogen-bond donors (Lipinski definition) is 1. The van der Waals surface area contributed by atoms with Gasteiger partial charge in [0.2, 0.25) is 11.8 Å². The molecule has 172 valence electrons. The van der Waals surface area contributed by atoms with Gasteiger partial charge < -0.3 is 19.7 Å². The van der Waals surface area contributed by atoms with E-state index in [4.69, 9.17) is 21.1 Å². The minimum absolute atomic E-state index is 0.105. The van der Waals surface area contributed by atoms with Crippen LogP contribution in [0.3, 0.4) is 0 Å². The second kappa shape index (κ2) is 11.2. The predicted octanol–water partition coefficient (Wildman–Crippen LogP) is 4.23. The molecule has 2 aromatic rings. The maximum Gasteiger partial charge on any atom is 0.242 e. The Balaban J connectivity index is 1.71. The molecule has 0 bridgehead atoms. The van der Waals surface area contributed by atoms with Crippen molar-refractivity contribution >= 4 is 23.4 Å². The molecule has 1 aliphatic rings. The van der Waals surface area contributed by atoms with Crippen LogP contribution in [0.4, 0.5) is 0 Å². The summed E-state index contributed by atoms with van der Waals surface area (Å²) in [4.78, 5) is 27.6. The Morgan fingerprint density at radius 3 is 2.50 bits per heavy atom. The van der Waals surface area contributed by atoms with Crippen LogP contribution in [0, 0.1) is 5.92 Å². The van der Waals surface area contributed by atoms with E-state index in [0.717, 1.165) is 16.9 Å². The highest BCUT2D eigenvalue weighted by Crippen LogP contribution is 2.31. The maximum atomic E-state index is 13.3. The lowest BCUT2D eigenvalue weighted by atomic mass is 10.1. The fourth-order valence-corrected chi connectivity index (χ4v) is 3.68. The van der Waals surface area contributed by atoms with Gasteiger partial charge in [0.05, 0.1) is 0 Å². The van der Waals surface area contributed by atoms with E-state index in [1.54, 1.807) is 17.9 Å². The highest BCUT2D eigenvalue weighted by atomic mass is 35.5. The molecule has 32 heavy (non-hydrogen) atoms. The maximum absolute atomic E-state index is 13.3. The van der Waals surface area contributed by atoms with Crippen molar-refractivity contribution < 1.29 is 19.1 Å². The van der Waals surface area contributed by atoms with E-state index >= 15 is 0 Å². The minimum atomic E-state index is -0.613. The number of rotatable bonds is 9. The summed E-state index contributed by atoms with van der Waals surface area (Å²) >= 11 is 6.34. The molecular weight excluding hydrogens is 428 g/mol. The van der Waals surface area contributed by atoms with E-state index in [1.165, 1.54) is 0 Å². The van der Waals surface area contributed by atoms with Crippen molar-refractivity contribution in [1.82, 2.24) is 10.2 Å². The highest BCUT2D eigenvalue weighted by Gasteiger charge is 2.26. The average molecular weight is 459 g/mol. The smallest absolute Gasteiger partial charge is 0.242 e. The van der Waals surface area contributed by atoms with Crippen LogP contribution in [0.1, 0.15) is 38.3 Å². The molecule has 3 rings (SSSR count). The standard InChI is InChI=1S/C25H31ClN2O4/c1-17(2)15-27-25(30)18(3)28(16-20-6-4-5-7-21(20)26)24(29)11-9-19-8-10-22-23(14-19)32-13-12-31-22/h4-8,10,14,17-18H,9,11-13,15-16H2,1-3H3,(H,27,30)/t18-/m1/s1. The zero-order valence-corrected chi connectivity index (χ0v) is 19.7. The van der Waals surface area contributed by atoms with Crippen LogP contribution in [0.15, 0.2) is 42.5 Å². The Morgan fingerprint density at radius 2 is 1.78 bits per heavy atom. The van der Waals surface area contributed by atoms with Crippen LogP contribution in [-0.2, 0) is 22.6 Å². The van der Waals surface area contributed by atoms with Gasteiger partial charge in [0, 0.05) is 24.5 Å². The Hall–Kier alpha value is -2.73. The summed E-state index contributed by atoms with van der Waals surface area (Å²) in [6.45, 7) is 7.72. The summed E-state index contributed by atoms with van der Waals surface area (Å²) in [6.07, 6.45) is 0.806. The summed E-state index contributed by atoms with van der Waals surface area (Å²) in [5.74, 6) is 1.48. The molecule has 1 heterocycles. The fraction of sp³-hybridized carbons (Fsp3) is 0.440. The molecule has 0 saturated heterocycles. The molecular formula is C25H31ClN2O4. The van der Waals surface area contributed by atoms with Gasteiger partial charge in [0.25, 0.3) is 0 Å². The van der Waals surface area contributed by atoms with Gasteiger partial charge in [0.15, 0.2) is 11.5 Å². The number of halogens is 1. The Labute approximate surface area is 194 Å². The van der Waals surface area contributed by atoms with Crippen LogP contribution < -0.4 is 14.8 Å². The first-order chi connectivity index (χ1) is 15.3. The highest BCUT2D eigenvalue weighted by molar-refractivity contribution is 6.31. The van der Waals surface area contributed by atoms with Gasteiger partial charge in [-0.05, 0) is 48.6 Å². The first-order valence-corrected chi connectivity index (χ1v) is 11.4. The quantitative estimate of drug-likeness (QED) is 0.610. The number of ether oxygens (including phenoxy) is 2. The van der Waals surface area contributed by atoms with Gasteiger partial charge in [-0.1, -0.05) is 49.7 Å². The second-order valence-electron chi connectivity index (χ2n) is 8.41. The first kappa shape index (κ1) is 23.9. The third kappa shape index (κ3) is 6.39. The van der Waals surface area contributed by atoms with Gasteiger partial charge in [-0.15, -0.1) is 0 Å². The molecule has 1 aliphatic heterocycles. The zero-order chi connectivity index (χ0) is 23.1. The number of hydrogen-bond acceptors (Lipinski definition) is 4. The van der Waals surface area contributed by atoms with Gasteiger partial charge in [-0.3, -0.25) is 9.59 Å². The number of nitrogens with zero attached hydrogens (tertiary/aromatic N) is 1.